The van der Waals surface area contributed by atoms with Gasteiger partial charge in [-0.3, -0.25) is 4.79 Å². The van der Waals surface area contributed by atoms with Crippen molar-refractivity contribution in [3.8, 4) is 11.5 Å². The Kier molecular flexibility index (Phi) is 10.8. The van der Waals surface area contributed by atoms with E-state index in [0.29, 0.717) is 43.5 Å². The van der Waals surface area contributed by atoms with E-state index < -0.39 is 0 Å². The van der Waals surface area contributed by atoms with Crippen LogP contribution >= 0.6 is 0 Å². The van der Waals surface area contributed by atoms with Gasteiger partial charge in [0, 0.05) is 25.0 Å². The Morgan fingerprint density at radius 1 is 1.18 bits per heavy atom. The molecule has 184 valence electrons. The lowest BCUT2D eigenvalue weighted by Crippen LogP contribution is -2.29. The summed E-state index contributed by atoms with van der Waals surface area (Å²) in [6.07, 6.45) is 2.48. The molecule has 0 amide bonds. The van der Waals surface area contributed by atoms with Gasteiger partial charge in [-0.2, -0.15) is 0 Å². The van der Waals surface area contributed by atoms with Gasteiger partial charge in [-0.15, -0.1) is 0 Å². The minimum atomic E-state index is -0.377. The highest BCUT2D eigenvalue weighted by Crippen LogP contribution is 2.35. The summed E-state index contributed by atoms with van der Waals surface area (Å²) in [6.45, 7) is 9.56. The minimum absolute atomic E-state index is 0.136. The van der Waals surface area contributed by atoms with Crippen LogP contribution in [0.5, 0.6) is 11.5 Å². The normalized spacial score (nSPS) is 19.8. The maximum Gasteiger partial charge on any atom is 0.309 e. The summed E-state index contributed by atoms with van der Waals surface area (Å²) in [5.74, 6) is 1.89. The van der Waals surface area contributed by atoms with Gasteiger partial charge in [-0.1, -0.05) is 38.9 Å². The largest absolute Gasteiger partial charge is 0.493 e. The first-order valence-corrected chi connectivity index (χ1v) is 11.8. The molecule has 33 heavy (non-hydrogen) atoms. The van der Waals surface area contributed by atoms with Crippen molar-refractivity contribution in [3.63, 3.8) is 0 Å². The molecule has 1 fully saturated rings. The Hall–Kier alpha value is -2.44. The van der Waals surface area contributed by atoms with Crippen molar-refractivity contribution >= 4 is 5.97 Å². The molecule has 0 bridgehead atoms. The lowest BCUT2D eigenvalue weighted by molar-refractivity contribution is -0.145. The van der Waals surface area contributed by atoms with Crippen LogP contribution in [0, 0.1) is 23.7 Å². The number of ether oxygens (including phenoxy) is 4. The van der Waals surface area contributed by atoms with Gasteiger partial charge >= 0.3 is 5.97 Å². The molecule has 0 aliphatic carbocycles. The van der Waals surface area contributed by atoms with Crippen LogP contribution in [0.25, 0.3) is 10.4 Å². The number of carbonyl (C=O) groups excluding carboxylic acids is 1. The number of hydrogen-bond acceptors (Lipinski definition) is 6. The van der Waals surface area contributed by atoms with E-state index in [4.69, 9.17) is 18.9 Å². The number of carbonyl (C=O) groups is 1. The van der Waals surface area contributed by atoms with Crippen molar-refractivity contribution in [1.29, 1.82) is 0 Å². The molecule has 1 heterocycles. The second kappa shape index (κ2) is 13.3. The molecule has 0 aromatic heterocycles. The molecule has 1 aliphatic rings. The lowest BCUT2D eigenvalue weighted by Gasteiger charge is -2.27. The fraction of sp³-hybridized carbons (Fsp3) is 0.720. The third kappa shape index (κ3) is 7.83. The summed E-state index contributed by atoms with van der Waals surface area (Å²) < 4.78 is 22.1. The monoisotopic (exact) mass is 461 g/mol. The first-order chi connectivity index (χ1) is 15.8. The first-order valence-electron chi connectivity index (χ1n) is 11.8. The van der Waals surface area contributed by atoms with Crippen LogP contribution in [0.3, 0.4) is 0 Å². The van der Waals surface area contributed by atoms with E-state index >= 15 is 0 Å². The maximum absolute atomic E-state index is 12.3. The number of cyclic esters (lactones) is 1. The van der Waals surface area contributed by atoms with Crippen LogP contribution in [-0.2, 0) is 20.7 Å². The van der Waals surface area contributed by atoms with E-state index in [-0.39, 0.29) is 35.9 Å². The summed E-state index contributed by atoms with van der Waals surface area (Å²) in [5.41, 5.74) is 10.3. The number of methoxy groups -OCH3 is 2. The van der Waals surface area contributed by atoms with Crippen molar-refractivity contribution < 1.29 is 23.7 Å². The molecule has 1 aromatic carbocycles. The Labute approximate surface area is 197 Å². The average Bonchev–Trinajstić information content (AvgIpc) is 3.17. The average molecular weight is 462 g/mol. The zero-order chi connectivity index (χ0) is 24.4. The number of esters is 1. The Bertz CT molecular complexity index is 807. The van der Waals surface area contributed by atoms with Gasteiger partial charge in [-0.05, 0) is 60.2 Å². The molecule has 0 saturated carbocycles. The molecule has 0 spiro atoms. The van der Waals surface area contributed by atoms with Gasteiger partial charge in [0.1, 0.15) is 6.10 Å². The molecule has 1 aliphatic heterocycles. The maximum atomic E-state index is 12.3. The molecular formula is C25H39N3O5. The van der Waals surface area contributed by atoms with E-state index in [2.05, 4.69) is 23.9 Å². The summed E-state index contributed by atoms with van der Waals surface area (Å²) in [4.78, 5) is 15.3. The fourth-order valence-electron chi connectivity index (χ4n) is 4.30. The number of hydrogen-bond donors (Lipinski definition) is 0. The van der Waals surface area contributed by atoms with Gasteiger partial charge < -0.3 is 18.9 Å². The summed E-state index contributed by atoms with van der Waals surface area (Å²) in [7, 11) is 3.30. The molecule has 1 aromatic rings. The van der Waals surface area contributed by atoms with E-state index in [1.54, 1.807) is 14.2 Å². The highest BCUT2D eigenvalue weighted by Gasteiger charge is 2.40. The van der Waals surface area contributed by atoms with Crippen LogP contribution < -0.4 is 9.47 Å². The van der Waals surface area contributed by atoms with E-state index in [1.807, 2.05) is 32.0 Å². The van der Waals surface area contributed by atoms with E-state index in [1.165, 1.54) is 0 Å². The van der Waals surface area contributed by atoms with Crippen molar-refractivity contribution in [2.45, 2.75) is 65.5 Å². The Morgan fingerprint density at radius 2 is 1.94 bits per heavy atom. The van der Waals surface area contributed by atoms with Gasteiger partial charge in [0.2, 0.25) is 0 Å². The SMILES string of the molecule is COCCCOc1cc(C[C@@H](C[C@H](N=[N+]=[N-])[C@H]2C[C@H](C(C)C)C(=O)O2)C(C)C)ccc1OC. The van der Waals surface area contributed by atoms with E-state index in [9.17, 15) is 10.3 Å². The van der Waals surface area contributed by atoms with Gasteiger partial charge in [0.25, 0.3) is 0 Å². The molecule has 8 heteroatoms. The predicted octanol–water partition coefficient (Wildman–Crippen LogP) is 5.58. The lowest BCUT2D eigenvalue weighted by atomic mass is 9.82. The molecule has 1 saturated heterocycles. The third-order valence-electron chi connectivity index (χ3n) is 6.45. The third-order valence-corrected chi connectivity index (χ3v) is 6.45. The first kappa shape index (κ1) is 26.8. The smallest absolute Gasteiger partial charge is 0.309 e. The fourth-order valence-corrected chi connectivity index (χ4v) is 4.30. The number of rotatable bonds is 14. The van der Waals surface area contributed by atoms with Crippen molar-refractivity contribution in [3.05, 3.63) is 34.2 Å². The quantitative estimate of drug-likeness (QED) is 0.118. The summed E-state index contributed by atoms with van der Waals surface area (Å²) in [6, 6.07) is 5.62. The minimum Gasteiger partial charge on any atom is -0.493 e. The zero-order valence-electron chi connectivity index (χ0n) is 20.8. The second-order valence-corrected chi connectivity index (χ2v) is 9.46. The van der Waals surface area contributed by atoms with Crippen LogP contribution in [0.1, 0.15) is 52.5 Å². The van der Waals surface area contributed by atoms with Gasteiger partial charge in [0.15, 0.2) is 11.5 Å². The molecule has 4 atom stereocenters. The molecule has 0 N–H and O–H groups in total. The van der Waals surface area contributed by atoms with Crippen molar-refractivity contribution in [2.75, 3.05) is 27.4 Å². The summed E-state index contributed by atoms with van der Waals surface area (Å²) >= 11 is 0. The number of benzene rings is 1. The standard InChI is InChI=1S/C25H39N3O5/c1-16(2)19(14-21(27-28-26)23-15-20(17(3)4)25(29)33-23)12-18-8-9-22(31-6)24(13-18)32-11-7-10-30-5/h8-9,13,16-17,19-21,23H,7,10-12,14-15H2,1-6H3/t19-,20+,21-,23+/m0/s1. The number of azide groups is 1. The van der Waals surface area contributed by atoms with Crippen molar-refractivity contribution in [2.24, 2.45) is 28.8 Å². The van der Waals surface area contributed by atoms with E-state index in [0.717, 1.165) is 18.4 Å². The Balaban J connectivity index is 2.14. The topological polar surface area (TPSA) is 103 Å². The molecule has 0 unspecified atom stereocenters. The molecule has 8 nitrogen and oxygen atoms in total. The molecule has 0 radical (unpaired) electrons. The second-order valence-electron chi connectivity index (χ2n) is 9.46. The predicted molar refractivity (Wildman–Crippen MR) is 127 cm³/mol. The summed E-state index contributed by atoms with van der Waals surface area (Å²) in [5, 5.41) is 4.05. The van der Waals surface area contributed by atoms with Crippen molar-refractivity contribution in [1.82, 2.24) is 0 Å². The van der Waals surface area contributed by atoms with Crippen LogP contribution in [0.4, 0.5) is 0 Å². The zero-order valence-corrected chi connectivity index (χ0v) is 20.8. The Morgan fingerprint density at radius 3 is 2.52 bits per heavy atom. The van der Waals surface area contributed by atoms with Crippen LogP contribution in [-0.4, -0.2) is 45.5 Å². The van der Waals surface area contributed by atoms with Crippen LogP contribution in [0.2, 0.25) is 0 Å². The van der Waals surface area contributed by atoms with Gasteiger partial charge in [0.05, 0.1) is 25.7 Å². The molecular weight excluding hydrogens is 422 g/mol. The van der Waals surface area contributed by atoms with Gasteiger partial charge in [-0.25, -0.2) is 0 Å². The molecule has 2 rings (SSSR count). The highest BCUT2D eigenvalue weighted by atomic mass is 16.6. The number of nitrogens with zero attached hydrogens (tertiary/aromatic N) is 3. The van der Waals surface area contributed by atoms with Crippen LogP contribution in [0.15, 0.2) is 23.3 Å². The highest BCUT2D eigenvalue weighted by molar-refractivity contribution is 5.75.